The Balaban J connectivity index is 2.09. The Kier molecular flexibility index (Phi) is 5.58. The van der Waals surface area contributed by atoms with Gasteiger partial charge in [-0.2, -0.15) is 0 Å². The lowest BCUT2D eigenvalue weighted by Crippen LogP contribution is -2.37. The van der Waals surface area contributed by atoms with Crippen molar-refractivity contribution in [1.82, 2.24) is 9.79 Å². The number of carbonyl (C=O) groups is 2. The average molecular weight is 356 g/mol. The highest BCUT2D eigenvalue weighted by atomic mass is 32.2. The molecular formula is C15H20N2O6S. The van der Waals surface area contributed by atoms with Crippen molar-refractivity contribution in [2.24, 2.45) is 0 Å². The van der Waals surface area contributed by atoms with Crippen LogP contribution in [0.1, 0.15) is 30.1 Å². The number of ether oxygens (including phenoxy) is 1. The summed E-state index contributed by atoms with van der Waals surface area (Å²) in [5.74, 6) is -1.14. The van der Waals surface area contributed by atoms with Crippen molar-refractivity contribution in [2.75, 3.05) is 14.2 Å². The molecular weight excluding hydrogens is 336 g/mol. The minimum absolute atomic E-state index is 0.0339. The van der Waals surface area contributed by atoms with E-state index in [9.17, 15) is 18.0 Å². The zero-order valence-corrected chi connectivity index (χ0v) is 14.5. The molecule has 0 aromatic heterocycles. The van der Waals surface area contributed by atoms with E-state index in [4.69, 9.17) is 4.74 Å². The molecule has 0 saturated heterocycles. The van der Waals surface area contributed by atoms with Crippen molar-refractivity contribution >= 4 is 21.9 Å². The Bertz CT molecular complexity index is 729. The van der Waals surface area contributed by atoms with Gasteiger partial charge in [0.1, 0.15) is 0 Å². The molecule has 0 radical (unpaired) electrons. The van der Waals surface area contributed by atoms with Crippen molar-refractivity contribution < 1.29 is 27.6 Å². The maximum atomic E-state index is 12.2. The molecule has 1 fully saturated rings. The van der Waals surface area contributed by atoms with Crippen molar-refractivity contribution in [3.63, 3.8) is 0 Å². The minimum atomic E-state index is -3.87. The van der Waals surface area contributed by atoms with Crippen LogP contribution in [0, 0.1) is 0 Å². The number of amides is 1. The fraction of sp³-hybridized carbons (Fsp3) is 0.467. The molecule has 1 aliphatic rings. The number of carbonyl (C=O) groups excluding carboxylic acids is 2. The molecule has 0 unspecified atom stereocenters. The van der Waals surface area contributed by atoms with Crippen LogP contribution in [-0.4, -0.2) is 51.1 Å². The molecule has 1 amide bonds. The van der Waals surface area contributed by atoms with Gasteiger partial charge in [0, 0.05) is 13.1 Å². The smallest absolute Gasteiger partial charge is 0.338 e. The second-order valence-electron chi connectivity index (χ2n) is 5.46. The lowest BCUT2D eigenvalue weighted by Gasteiger charge is -2.15. The van der Waals surface area contributed by atoms with Gasteiger partial charge in [0.25, 0.3) is 15.9 Å². The molecule has 0 bridgehead atoms. The summed E-state index contributed by atoms with van der Waals surface area (Å²) in [5.41, 5.74) is 0.0339. The monoisotopic (exact) mass is 356 g/mol. The van der Waals surface area contributed by atoms with Crippen LogP contribution in [-0.2, 0) is 24.4 Å². The Labute approximate surface area is 140 Å². The zero-order valence-electron chi connectivity index (χ0n) is 13.7. The van der Waals surface area contributed by atoms with E-state index in [1.54, 1.807) is 0 Å². The van der Waals surface area contributed by atoms with Crippen molar-refractivity contribution in [1.29, 1.82) is 0 Å². The van der Waals surface area contributed by atoms with Crippen LogP contribution in [0.3, 0.4) is 0 Å². The molecule has 1 N–H and O–H groups in total. The molecule has 1 aromatic carbocycles. The second kappa shape index (κ2) is 7.29. The van der Waals surface area contributed by atoms with E-state index < -0.39 is 22.1 Å². The zero-order chi connectivity index (χ0) is 17.9. The van der Waals surface area contributed by atoms with E-state index in [-0.39, 0.29) is 22.4 Å². The molecule has 1 atom stereocenters. The average Bonchev–Trinajstić information content (AvgIpc) is 3.37. The number of hydrogen-bond donors (Lipinski definition) is 1. The van der Waals surface area contributed by atoms with E-state index in [1.807, 2.05) is 0 Å². The lowest BCUT2D eigenvalue weighted by atomic mass is 10.2. The first-order valence-electron chi connectivity index (χ1n) is 7.40. The normalized spacial score (nSPS) is 15.8. The Hall–Kier alpha value is -1.97. The maximum absolute atomic E-state index is 12.2. The number of nitrogens with zero attached hydrogens (tertiary/aromatic N) is 1. The Morgan fingerprint density at radius 3 is 2.58 bits per heavy atom. The third kappa shape index (κ3) is 4.31. The molecule has 0 heterocycles. The van der Waals surface area contributed by atoms with Gasteiger partial charge in [-0.1, -0.05) is 10.5 Å². The van der Waals surface area contributed by atoms with Crippen molar-refractivity contribution in [2.45, 2.75) is 36.8 Å². The molecule has 0 spiro atoms. The summed E-state index contributed by atoms with van der Waals surface area (Å²) in [6.07, 6.45) is 0.901. The summed E-state index contributed by atoms with van der Waals surface area (Å²) in [7, 11) is -1.41. The third-order valence-electron chi connectivity index (χ3n) is 3.54. The lowest BCUT2D eigenvalue weighted by molar-refractivity contribution is -0.129. The third-order valence-corrected chi connectivity index (χ3v) is 5.22. The van der Waals surface area contributed by atoms with Crippen LogP contribution in [0.5, 0.6) is 0 Å². The van der Waals surface area contributed by atoms with Crippen LogP contribution in [0.4, 0.5) is 0 Å². The van der Waals surface area contributed by atoms with Crippen LogP contribution in [0.25, 0.3) is 0 Å². The van der Waals surface area contributed by atoms with Crippen LogP contribution in [0.15, 0.2) is 29.2 Å². The number of nitrogens with one attached hydrogen (secondary N) is 1. The molecule has 9 heteroatoms. The largest absolute Gasteiger partial charge is 0.449 e. The summed E-state index contributed by atoms with van der Waals surface area (Å²) in [6, 6.07) is 5.52. The number of benzene rings is 1. The van der Waals surface area contributed by atoms with Crippen LogP contribution in [0.2, 0.25) is 0 Å². The summed E-state index contributed by atoms with van der Waals surface area (Å²) >= 11 is 0. The van der Waals surface area contributed by atoms with E-state index in [0.29, 0.717) is 4.47 Å². The summed E-state index contributed by atoms with van der Waals surface area (Å²) in [6.45, 7) is 1.47. The van der Waals surface area contributed by atoms with Gasteiger partial charge < -0.3 is 10.1 Å². The first-order chi connectivity index (χ1) is 11.3. The summed E-state index contributed by atoms with van der Waals surface area (Å²) < 4.78 is 30.1. The molecule has 132 valence electrons. The Morgan fingerprint density at radius 2 is 2.00 bits per heavy atom. The van der Waals surface area contributed by atoms with E-state index in [1.165, 1.54) is 45.3 Å². The van der Waals surface area contributed by atoms with Gasteiger partial charge in [-0.3, -0.25) is 9.63 Å². The fourth-order valence-corrected chi connectivity index (χ4v) is 2.88. The highest BCUT2D eigenvalue weighted by molar-refractivity contribution is 7.89. The molecule has 2 rings (SSSR count). The molecule has 1 saturated carbocycles. The summed E-state index contributed by atoms with van der Waals surface area (Å²) in [5, 5.41) is 2.73. The van der Waals surface area contributed by atoms with Crippen molar-refractivity contribution in [3.8, 4) is 0 Å². The first-order valence-corrected chi connectivity index (χ1v) is 8.84. The summed E-state index contributed by atoms with van der Waals surface area (Å²) in [4.78, 5) is 28.5. The number of esters is 1. The number of rotatable bonds is 7. The van der Waals surface area contributed by atoms with E-state index >= 15 is 0 Å². The number of sulfonamides is 1. The molecule has 24 heavy (non-hydrogen) atoms. The fourth-order valence-electron chi connectivity index (χ4n) is 1.86. The van der Waals surface area contributed by atoms with E-state index in [2.05, 4.69) is 10.2 Å². The molecule has 1 aromatic rings. The molecule has 8 nitrogen and oxygen atoms in total. The standard InChI is InChI=1S/C15H20N2O6S/c1-10(14(18)16-12-7-8-12)23-15(19)11-5-4-6-13(9-11)24(20,21)17(2)22-3/h4-6,9-10,12H,7-8H2,1-3H3,(H,16,18)/t10-/m0/s1. The first kappa shape index (κ1) is 18.4. The van der Waals surface area contributed by atoms with Gasteiger partial charge in [-0.25, -0.2) is 13.2 Å². The molecule has 0 aliphatic heterocycles. The SMILES string of the molecule is CON(C)S(=O)(=O)c1cccc(C(=O)O[C@@H](C)C(=O)NC2CC2)c1. The predicted molar refractivity (Wildman–Crippen MR) is 84.4 cm³/mol. The maximum Gasteiger partial charge on any atom is 0.338 e. The van der Waals surface area contributed by atoms with Crippen molar-refractivity contribution in [3.05, 3.63) is 29.8 Å². The van der Waals surface area contributed by atoms with Crippen LogP contribution < -0.4 is 5.32 Å². The second-order valence-corrected chi connectivity index (χ2v) is 7.39. The van der Waals surface area contributed by atoms with Gasteiger partial charge >= 0.3 is 5.97 Å². The highest BCUT2D eigenvalue weighted by Gasteiger charge is 2.28. The molecule has 1 aliphatic carbocycles. The number of hydrogen-bond acceptors (Lipinski definition) is 6. The van der Waals surface area contributed by atoms with Gasteiger partial charge in [-0.15, -0.1) is 0 Å². The Morgan fingerprint density at radius 1 is 1.33 bits per heavy atom. The highest BCUT2D eigenvalue weighted by Crippen LogP contribution is 2.19. The van der Waals surface area contributed by atoms with Gasteiger partial charge in [0.2, 0.25) is 0 Å². The van der Waals surface area contributed by atoms with Crippen LogP contribution >= 0.6 is 0 Å². The minimum Gasteiger partial charge on any atom is -0.449 e. The van der Waals surface area contributed by atoms with E-state index in [0.717, 1.165) is 12.8 Å². The predicted octanol–water partition coefficient (Wildman–Crippen LogP) is 0.692. The van der Waals surface area contributed by atoms with Gasteiger partial charge in [0.15, 0.2) is 6.10 Å². The number of hydroxylamine groups is 1. The van der Waals surface area contributed by atoms with Gasteiger partial charge in [-0.05, 0) is 38.0 Å². The quantitative estimate of drug-likeness (QED) is 0.570. The topological polar surface area (TPSA) is 102 Å². The van der Waals surface area contributed by atoms with Gasteiger partial charge in [0.05, 0.1) is 17.6 Å².